The molecule has 1 heterocycles. The van der Waals surface area contributed by atoms with E-state index in [9.17, 15) is 4.79 Å². The molecule has 0 unspecified atom stereocenters. The van der Waals surface area contributed by atoms with Crippen molar-refractivity contribution < 1.29 is 14.3 Å². The van der Waals surface area contributed by atoms with Gasteiger partial charge in [0.25, 0.3) is 0 Å². The second-order valence-electron chi connectivity index (χ2n) is 3.74. The van der Waals surface area contributed by atoms with Gasteiger partial charge in [-0.25, -0.2) is 0 Å². The van der Waals surface area contributed by atoms with Gasteiger partial charge >= 0.3 is 0 Å². The van der Waals surface area contributed by atoms with Gasteiger partial charge in [0.05, 0.1) is 6.54 Å². The molecule has 0 aromatic carbocycles. The van der Waals surface area contributed by atoms with Crippen LogP contribution in [-0.2, 0) is 17.9 Å². The smallest absolute Gasteiger partial charge is 0.223 e. The minimum atomic E-state index is -0.0842. The van der Waals surface area contributed by atoms with Crippen molar-refractivity contribution in [2.75, 3.05) is 20.6 Å². The standard InChI is InChI=1S/C11H18N2O3/c1-13(2)11(15)5-6-12-7-9-3-4-10(8-14)16-9/h3-4,12,14H,5-8H2,1-2H3. The van der Waals surface area contributed by atoms with Crippen LogP contribution in [0.2, 0.25) is 0 Å². The molecule has 0 atom stereocenters. The van der Waals surface area contributed by atoms with Gasteiger partial charge < -0.3 is 19.7 Å². The van der Waals surface area contributed by atoms with E-state index in [2.05, 4.69) is 5.32 Å². The Morgan fingerprint density at radius 2 is 2.12 bits per heavy atom. The summed E-state index contributed by atoms with van der Waals surface area (Å²) in [6.45, 7) is 1.10. The highest BCUT2D eigenvalue weighted by Gasteiger charge is 2.04. The number of aliphatic hydroxyl groups is 1. The molecule has 5 nitrogen and oxygen atoms in total. The van der Waals surface area contributed by atoms with E-state index in [0.29, 0.717) is 25.3 Å². The van der Waals surface area contributed by atoms with E-state index in [1.54, 1.807) is 25.1 Å². The zero-order chi connectivity index (χ0) is 12.0. The minimum Gasteiger partial charge on any atom is -0.462 e. The lowest BCUT2D eigenvalue weighted by atomic mass is 10.3. The summed E-state index contributed by atoms with van der Waals surface area (Å²) < 4.78 is 5.28. The highest BCUT2D eigenvalue weighted by molar-refractivity contribution is 5.75. The number of rotatable bonds is 6. The monoisotopic (exact) mass is 226 g/mol. The van der Waals surface area contributed by atoms with E-state index in [1.807, 2.05) is 6.07 Å². The van der Waals surface area contributed by atoms with Gasteiger partial charge in [0, 0.05) is 27.1 Å². The topological polar surface area (TPSA) is 65.7 Å². The fourth-order valence-electron chi connectivity index (χ4n) is 1.23. The van der Waals surface area contributed by atoms with Gasteiger partial charge in [0.2, 0.25) is 5.91 Å². The molecule has 16 heavy (non-hydrogen) atoms. The van der Waals surface area contributed by atoms with Crippen LogP contribution in [0.4, 0.5) is 0 Å². The van der Waals surface area contributed by atoms with Crippen molar-refractivity contribution in [3.05, 3.63) is 23.7 Å². The van der Waals surface area contributed by atoms with Crippen molar-refractivity contribution in [2.24, 2.45) is 0 Å². The van der Waals surface area contributed by atoms with E-state index in [1.165, 1.54) is 0 Å². The molecule has 90 valence electrons. The van der Waals surface area contributed by atoms with Gasteiger partial charge in [-0.2, -0.15) is 0 Å². The molecule has 0 spiro atoms. The Hall–Kier alpha value is -1.33. The van der Waals surface area contributed by atoms with E-state index < -0.39 is 0 Å². The van der Waals surface area contributed by atoms with Crippen molar-refractivity contribution in [3.63, 3.8) is 0 Å². The summed E-state index contributed by atoms with van der Waals surface area (Å²) in [5, 5.41) is 11.9. The third kappa shape index (κ3) is 4.04. The van der Waals surface area contributed by atoms with Gasteiger partial charge in [-0.05, 0) is 12.1 Å². The molecule has 0 radical (unpaired) electrons. The number of furan rings is 1. The van der Waals surface area contributed by atoms with E-state index in [0.717, 1.165) is 5.76 Å². The van der Waals surface area contributed by atoms with Crippen LogP contribution in [0.15, 0.2) is 16.5 Å². The van der Waals surface area contributed by atoms with Gasteiger partial charge in [-0.1, -0.05) is 0 Å². The minimum absolute atomic E-state index is 0.0842. The fraction of sp³-hybridized carbons (Fsp3) is 0.545. The first-order chi connectivity index (χ1) is 7.63. The van der Waals surface area contributed by atoms with Crippen LogP contribution in [0.1, 0.15) is 17.9 Å². The van der Waals surface area contributed by atoms with Crippen LogP contribution in [0.5, 0.6) is 0 Å². The molecule has 0 fully saturated rings. The zero-order valence-electron chi connectivity index (χ0n) is 9.69. The Morgan fingerprint density at radius 1 is 1.44 bits per heavy atom. The molecular formula is C11H18N2O3. The molecule has 1 amide bonds. The molecule has 2 N–H and O–H groups in total. The molecule has 0 saturated heterocycles. The quantitative estimate of drug-likeness (QED) is 0.686. The molecule has 0 saturated carbocycles. The molecule has 1 aromatic rings. The normalized spacial score (nSPS) is 10.4. The van der Waals surface area contributed by atoms with Gasteiger partial charge in [-0.15, -0.1) is 0 Å². The number of amides is 1. The number of carbonyl (C=O) groups excluding carboxylic acids is 1. The van der Waals surface area contributed by atoms with Crippen LogP contribution in [0.25, 0.3) is 0 Å². The average Bonchev–Trinajstić information content (AvgIpc) is 2.71. The van der Waals surface area contributed by atoms with Crippen molar-refractivity contribution in [3.8, 4) is 0 Å². The van der Waals surface area contributed by atoms with Crippen LogP contribution < -0.4 is 5.32 Å². The average molecular weight is 226 g/mol. The molecule has 0 aliphatic rings. The Labute approximate surface area is 95.0 Å². The first-order valence-electron chi connectivity index (χ1n) is 5.23. The number of hydrogen-bond acceptors (Lipinski definition) is 4. The molecule has 5 heteroatoms. The Bertz CT molecular complexity index is 334. The molecular weight excluding hydrogens is 208 g/mol. The van der Waals surface area contributed by atoms with Crippen molar-refractivity contribution in [1.82, 2.24) is 10.2 Å². The fourth-order valence-corrected chi connectivity index (χ4v) is 1.23. The van der Waals surface area contributed by atoms with Gasteiger partial charge in [-0.3, -0.25) is 4.79 Å². The maximum absolute atomic E-state index is 11.2. The van der Waals surface area contributed by atoms with Gasteiger partial charge in [0.1, 0.15) is 18.1 Å². The third-order valence-electron chi connectivity index (χ3n) is 2.19. The molecule has 1 aromatic heterocycles. The molecule has 0 aliphatic heterocycles. The van der Waals surface area contributed by atoms with E-state index in [-0.39, 0.29) is 12.5 Å². The van der Waals surface area contributed by atoms with Crippen molar-refractivity contribution in [1.29, 1.82) is 0 Å². The summed E-state index contributed by atoms with van der Waals surface area (Å²) in [4.78, 5) is 12.8. The second kappa shape index (κ2) is 6.30. The number of aliphatic hydroxyl groups excluding tert-OH is 1. The SMILES string of the molecule is CN(C)C(=O)CCNCc1ccc(CO)o1. The first-order valence-corrected chi connectivity index (χ1v) is 5.23. The molecule has 1 rings (SSSR count). The summed E-state index contributed by atoms with van der Waals surface area (Å²) in [7, 11) is 3.48. The maximum atomic E-state index is 11.2. The van der Waals surface area contributed by atoms with Crippen LogP contribution in [-0.4, -0.2) is 36.6 Å². The third-order valence-corrected chi connectivity index (χ3v) is 2.19. The lowest BCUT2D eigenvalue weighted by Gasteiger charge is -2.09. The van der Waals surface area contributed by atoms with E-state index >= 15 is 0 Å². The highest BCUT2D eigenvalue weighted by Crippen LogP contribution is 2.06. The summed E-state index contributed by atoms with van der Waals surface area (Å²) in [6, 6.07) is 3.55. The van der Waals surface area contributed by atoms with Crippen LogP contribution in [0, 0.1) is 0 Å². The van der Waals surface area contributed by atoms with Crippen LogP contribution in [0.3, 0.4) is 0 Å². The highest BCUT2D eigenvalue weighted by atomic mass is 16.4. The largest absolute Gasteiger partial charge is 0.462 e. The van der Waals surface area contributed by atoms with Gasteiger partial charge in [0.15, 0.2) is 0 Å². The Kier molecular flexibility index (Phi) is 5.01. The molecule has 0 bridgehead atoms. The maximum Gasteiger partial charge on any atom is 0.223 e. The van der Waals surface area contributed by atoms with Crippen LogP contribution >= 0.6 is 0 Å². The predicted octanol–water partition coefficient (Wildman–Crippen LogP) is 0.340. The predicted molar refractivity (Wildman–Crippen MR) is 59.6 cm³/mol. The second-order valence-corrected chi connectivity index (χ2v) is 3.74. The molecule has 0 aliphatic carbocycles. The number of carbonyl (C=O) groups is 1. The number of hydrogen-bond donors (Lipinski definition) is 2. The summed E-state index contributed by atoms with van der Waals surface area (Å²) in [6.07, 6.45) is 0.473. The summed E-state index contributed by atoms with van der Waals surface area (Å²) in [5.41, 5.74) is 0. The van der Waals surface area contributed by atoms with Crippen molar-refractivity contribution in [2.45, 2.75) is 19.6 Å². The van der Waals surface area contributed by atoms with Crippen molar-refractivity contribution >= 4 is 5.91 Å². The lowest BCUT2D eigenvalue weighted by Crippen LogP contribution is -2.26. The Balaban J connectivity index is 2.18. The zero-order valence-corrected chi connectivity index (χ0v) is 9.69. The summed E-state index contributed by atoms with van der Waals surface area (Å²) in [5.74, 6) is 1.42. The lowest BCUT2D eigenvalue weighted by molar-refractivity contribution is -0.128. The first kappa shape index (κ1) is 12.7. The summed E-state index contributed by atoms with van der Waals surface area (Å²) >= 11 is 0. The number of nitrogens with zero attached hydrogens (tertiary/aromatic N) is 1. The number of nitrogens with one attached hydrogen (secondary N) is 1. The van der Waals surface area contributed by atoms with E-state index in [4.69, 9.17) is 9.52 Å². The Morgan fingerprint density at radius 3 is 2.69 bits per heavy atom.